The van der Waals surface area contributed by atoms with E-state index in [-0.39, 0.29) is 5.82 Å². The zero-order chi connectivity index (χ0) is 11.4. The molecule has 0 saturated heterocycles. The molecule has 2 aromatic rings. The zero-order valence-electron chi connectivity index (χ0n) is 8.49. The van der Waals surface area contributed by atoms with E-state index >= 15 is 0 Å². The highest BCUT2D eigenvalue weighted by Crippen LogP contribution is 2.24. The van der Waals surface area contributed by atoms with Gasteiger partial charge in [0.25, 0.3) is 0 Å². The molecule has 0 spiro atoms. The largest absolute Gasteiger partial charge is 0.487 e. The van der Waals surface area contributed by atoms with Gasteiger partial charge in [-0.2, -0.15) is 0 Å². The van der Waals surface area contributed by atoms with Crippen molar-refractivity contribution in [3.8, 4) is 5.75 Å². The van der Waals surface area contributed by atoms with Crippen LogP contribution >= 0.6 is 11.6 Å². The van der Waals surface area contributed by atoms with Gasteiger partial charge in [0.2, 0.25) is 0 Å². The number of rotatable bonds is 3. The summed E-state index contributed by atoms with van der Waals surface area (Å²) in [5.74, 6) is 0.341. The molecule has 1 nitrogen and oxygen atoms in total. The lowest BCUT2D eigenvalue weighted by Gasteiger charge is -2.07. The van der Waals surface area contributed by atoms with E-state index in [0.29, 0.717) is 17.4 Å². The topological polar surface area (TPSA) is 9.23 Å². The molecule has 0 bridgehead atoms. The number of hydrogen-bond donors (Lipinski definition) is 0. The maximum atomic E-state index is 12.9. The van der Waals surface area contributed by atoms with Gasteiger partial charge < -0.3 is 4.74 Å². The fraction of sp³-hybridized carbons (Fsp3) is 0.0769. The molecule has 0 aliphatic carbocycles. The van der Waals surface area contributed by atoms with Crippen molar-refractivity contribution >= 4 is 11.6 Å². The molecule has 0 aliphatic heterocycles. The normalized spacial score (nSPS) is 10.1. The smallest absolute Gasteiger partial charge is 0.138 e. The van der Waals surface area contributed by atoms with Crippen molar-refractivity contribution in [2.24, 2.45) is 0 Å². The molecule has 0 unspecified atom stereocenters. The summed E-state index contributed by atoms with van der Waals surface area (Å²) in [5, 5.41) is 0.555. The van der Waals surface area contributed by atoms with Gasteiger partial charge in [0.1, 0.15) is 18.2 Å². The number of para-hydroxylation sites is 1. The Balaban J connectivity index is 2.05. The highest BCUT2D eigenvalue weighted by Gasteiger charge is 2.00. The molecule has 0 amide bonds. The minimum Gasteiger partial charge on any atom is -0.487 e. The Morgan fingerprint density at radius 2 is 1.88 bits per heavy atom. The second-order valence-corrected chi connectivity index (χ2v) is 3.76. The molecule has 82 valence electrons. The van der Waals surface area contributed by atoms with E-state index in [2.05, 4.69) is 0 Å². The van der Waals surface area contributed by atoms with E-state index in [1.807, 2.05) is 12.1 Å². The predicted molar refractivity (Wildman–Crippen MR) is 62.2 cm³/mol. The lowest BCUT2D eigenvalue weighted by Crippen LogP contribution is -1.96. The zero-order valence-corrected chi connectivity index (χ0v) is 9.25. The van der Waals surface area contributed by atoms with Crippen LogP contribution in [0.15, 0.2) is 48.5 Å². The van der Waals surface area contributed by atoms with Crippen LogP contribution < -0.4 is 4.74 Å². The summed E-state index contributed by atoms with van der Waals surface area (Å²) in [5.41, 5.74) is 0.778. The van der Waals surface area contributed by atoms with E-state index in [1.54, 1.807) is 24.3 Å². The van der Waals surface area contributed by atoms with E-state index in [9.17, 15) is 4.39 Å². The third-order valence-corrected chi connectivity index (χ3v) is 2.43. The Labute approximate surface area is 98.4 Å². The summed E-state index contributed by atoms with van der Waals surface area (Å²) in [6.45, 7) is 0.307. The van der Waals surface area contributed by atoms with E-state index in [0.717, 1.165) is 5.56 Å². The first-order chi connectivity index (χ1) is 7.75. The molecule has 0 aliphatic rings. The molecule has 2 aromatic carbocycles. The molecule has 0 radical (unpaired) electrons. The number of ether oxygens (including phenoxy) is 1. The number of halogens is 2. The molecular formula is C13H10ClFO. The van der Waals surface area contributed by atoms with Crippen LogP contribution in [0.1, 0.15) is 5.56 Å². The molecule has 2 rings (SSSR count). The van der Waals surface area contributed by atoms with Crippen LogP contribution in [-0.4, -0.2) is 0 Å². The fourth-order valence-electron chi connectivity index (χ4n) is 1.35. The van der Waals surface area contributed by atoms with Crippen molar-refractivity contribution in [1.82, 2.24) is 0 Å². The maximum Gasteiger partial charge on any atom is 0.138 e. The van der Waals surface area contributed by atoms with Crippen molar-refractivity contribution in [3.05, 3.63) is 64.9 Å². The Morgan fingerprint density at radius 3 is 2.62 bits per heavy atom. The molecule has 0 fully saturated rings. The molecule has 0 aromatic heterocycles. The lowest BCUT2D eigenvalue weighted by molar-refractivity contribution is 0.306. The van der Waals surface area contributed by atoms with Gasteiger partial charge in [0, 0.05) is 0 Å². The first kappa shape index (κ1) is 11.0. The minimum atomic E-state index is -0.264. The summed E-state index contributed by atoms with van der Waals surface area (Å²) < 4.78 is 18.4. The standard InChI is InChI=1S/C13H10ClFO/c14-12-6-1-2-7-13(12)16-9-10-4-3-5-11(15)8-10/h1-8H,9H2. The second kappa shape index (κ2) is 4.99. The van der Waals surface area contributed by atoms with Gasteiger partial charge in [-0.05, 0) is 29.8 Å². The van der Waals surface area contributed by atoms with Crippen LogP contribution in [-0.2, 0) is 6.61 Å². The fourth-order valence-corrected chi connectivity index (χ4v) is 1.54. The van der Waals surface area contributed by atoms with Gasteiger partial charge in [-0.25, -0.2) is 4.39 Å². The van der Waals surface area contributed by atoms with Crippen molar-refractivity contribution in [3.63, 3.8) is 0 Å². The highest BCUT2D eigenvalue weighted by molar-refractivity contribution is 6.32. The molecule has 16 heavy (non-hydrogen) atoms. The quantitative estimate of drug-likeness (QED) is 0.781. The lowest BCUT2D eigenvalue weighted by atomic mass is 10.2. The second-order valence-electron chi connectivity index (χ2n) is 3.35. The number of benzene rings is 2. The van der Waals surface area contributed by atoms with Crippen molar-refractivity contribution in [2.45, 2.75) is 6.61 Å². The third kappa shape index (κ3) is 2.74. The van der Waals surface area contributed by atoms with E-state index in [4.69, 9.17) is 16.3 Å². The monoisotopic (exact) mass is 236 g/mol. The molecular weight excluding hydrogens is 227 g/mol. The average Bonchev–Trinajstić information content (AvgIpc) is 2.28. The van der Waals surface area contributed by atoms with Gasteiger partial charge in [-0.1, -0.05) is 35.9 Å². The molecule has 0 heterocycles. The Bertz CT molecular complexity index is 485. The molecule has 0 atom stereocenters. The van der Waals surface area contributed by atoms with E-state index < -0.39 is 0 Å². The third-order valence-electron chi connectivity index (χ3n) is 2.12. The van der Waals surface area contributed by atoms with Gasteiger partial charge in [0.05, 0.1) is 5.02 Å². The first-order valence-corrected chi connectivity index (χ1v) is 5.25. The van der Waals surface area contributed by atoms with Crippen LogP contribution in [0.25, 0.3) is 0 Å². The van der Waals surface area contributed by atoms with Crippen molar-refractivity contribution in [2.75, 3.05) is 0 Å². The Hall–Kier alpha value is -1.54. The van der Waals surface area contributed by atoms with Crippen LogP contribution in [0.4, 0.5) is 4.39 Å². The highest BCUT2D eigenvalue weighted by atomic mass is 35.5. The Morgan fingerprint density at radius 1 is 1.06 bits per heavy atom. The molecule has 0 saturated carbocycles. The van der Waals surface area contributed by atoms with Crippen molar-refractivity contribution < 1.29 is 9.13 Å². The molecule has 3 heteroatoms. The van der Waals surface area contributed by atoms with Crippen LogP contribution in [0.2, 0.25) is 5.02 Å². The Kier molecular flexibility index (Phi) is 3.42. The van der Waals surface area contributed by atoms with Crippen LogP contribution in [0.5, 0.6) is 5.75 Å². The van der Waals surface area contributed by atoms with Crippen LogP contribution in [0.3, 0.4) is 0 Å². The van der Waals surface area contributed by atoms with Crippen LogP contribution in [0, 0.1) is 5.82 Å². The van der Waals surface area contributed by atoms with Crippen molar-refractivity contribution in [1.29, 1.82) is 0 Å². The SMILES string of the molecule is Fc1cccc(COc2ccccc2Cl)c1. The van der Waals surface area contributed by atoms with Gasteiger partial charge in [-0.3, -0.25) is 0 Å². The van der Waals surface area contributed by atoms with Gasteiger partial charge in [0.15, 0.2) is 0 Å². The summed E-state index contributed by atoms with van der Waals surface area (Å²) in [6, 6.07) is 13.5. The average molecular weight is 237 g/mol. The minimum absolute atomic E-state index is 0.264. The number of hydrogen-bond acceptors (Lipinski definition) is 1. The summed E-state index contributed by atoms with van der Waals surface area (Å²) >= 11 is 5.92. The summed E-state index contributed by atoms with van der Waals surface area (Å²) in [4.78, 5) is 0. The first-order valence-electron chi connectivity index (χ1n) is 4.87. The predicted octanol–water partition coefficient (Wildman–Crippen LogP) is 4.06. The van der Waals surface area contributed by atoms with Gasteiger partial charge in [-0.15, -0.1) is 0 Å². The summed E-state index contributed by atoms with van der Waals surface area (Å²) in [6.07, 6.45) is 0. The molecule has 0 N–H and O–H groups in total. The van der Waals surface area contributed by atoms with E-state index in [1.165, 1.54) is 12.1 Å². The summed E-state index contributed by atoms with van der Waals surface area (Å²) in [7, 11) is 0. The van der Waals surface area contributed by atoms with Gasteiger partial charge >= 0.3 is 0 Å². The maximum absolute atomic E-state index is 12.9.